The van der Waals surface area contributed by atoms with Crippen LogP contribution < -0.4 is 10.6 Å². The number of fused-ring (bicyclic) bond motifs is 1. The van der Waals surface area contributed by atoms with Crippen LogP contribution in [0.15, 0.2) is 48.5 Å². The van der Waals surface area contributed by atoms with Crippen molar-refractivity contribution in [3.05, 3.63) is 65.5 Å². The minimum atomic E-state index is -0.491. The number of ether oxygens (including phenoxy) is 1. The minimum absolute atomic E-state index is 0.144. The van der Waals surface area contributed by atoms with Gasteiger partial charge >= 0.3 is 6.09 Å². The molecule has 8 nitrogen and oxygen atoms in total. The number of aromatic amines is 1. The van der Waals surface area contributed by atoms with Crippen molar-refractivity contribution in [2.24, 2.45) is 0 Å². The Hall–Kier alpha value is -3.68. The molecule has 26 heavy (non-hydrogen) atoms. The van der Waals surface area contributed by atoms with Crippen LogP contribution in [0.4, 0.5) is 10.5 Å². The number of H-pyrrole nitrogens is 1. The maximum Gasteiger partial charge on any atom is 0.411 e. The fourth-order valence-electron chi connectivity index (χ4n) is 2.62. The third kappa shape index (κ3) is 3.25. The maximum atomic E-state index is 12.3. The van der Waals surface area contributed by atoms with E-state index in [2.05, 4.69) is 25.8 Å². The first-order chi connectivity index (χ1) is 12.7. The number of carbonyl (C=O) groups is 2. The first-order valence-corrected chi connectivity index (χ1v) is 8.00. The van der Waals surface area contributed by atoms with Gasteiger partial charge in [0, 0.05) is 16.7 Å². The van der Waals surface area contributed by atoms with Crippen molar-refractivity contribution < 1.29 is 14.3 Å². The number of hydrogen-bond acceptors (Lipinski definition) is 5. The van der Waals surface area contributed by atoms with E-state index < -0.39 is 6.09 Å². The zero-order valence-electron chi connectivity index (χ0n) is 13.7. The molecule has 130 valence electrons. The predicted molar refractivity (Wildman–Crippen MR) is 93.2 cm³/mol. The van der Waals surface area contributed by atoms with Gasteiger partial charge in [-0.2, -0.15) is 5.10 Å². The third-order valence-corrected chi connectivity index (χ3v) is 3.94. The molecule has 0 radical (unpaired) electrons. The van der Waals surface area contributed by atoms with Gasteiger partial charge in [-0.05, 0) is 18.2 Å². The van der Waals surface area contributed by atoms with E-state index in [1.165, 1.54) is 0 Å². The van der Waals surface area contributed by atoms with E-state index in [0.29, 0.717) is 22.9 Å². The molecule has 0 fully saturated rings. The fourth-order valence-corrected chi connectivity index (χ4v) is 2.62. The quantitative estimate of drug-likeness (QED) is 0.670. The van der Waals surface area contributed by atoms with Crippen LogP contribution in [0.5, 0.6) is 0 Å². The van der Waals surface area contributed by atoms with Crippen LogP contribution in [0.3, 0.4) is 0 Å². The Morgan fingerprint density at radius 3 is 2.88 bits per heavy atom. The highest BCUT2D eigenvalue weighted by Crippen LogP contribution is 2.22. The zero-order chi connectivity index (χ0) is 17.9. The van der Waals surface area contributed by atoms with Crippen molar-refractivity contribution in [1.29, 1.82) is 0 Å². The molecular formula is C18H15N5O3. The van der Waals surface area contributed by atoms with Crippen molar-refractivity contribution >= 4 is 17.7 Å². The van der Waals surface area contributed by atoms with E-state index in [-0.39, 0.29) is 19.1 Å². The number of nitrogens with zero attached hydrogens (tertiary/aromatic N) is 2. The zero-order valence-corrected chi connectivity index (χ0v) is 13.7. The largest absolute Gasteiger partial charge is 0.444 e. The highest BCUT2D eigenvalue weighted by Gasteiger charge is 2.17. The standard InChI is InChI=1S/C18H15N5O3/c24-17(12-6-7-14-13(8-12)10-26-18(25)20-14)19-9-15-21-16(23-22-15)11-4-2-1-3-5-11/h1-8H,9-10H2,(H,19,24)(H,20,25)(H,21,22,23). The van der Waals surface area contributed by atoms with Crippen LogP contribution in [0.25, 0.3) is 11.4 Å². The van der Waals surface area contributed by atoms with Gasteiger partial charge in [0.25, 0.3) is 5.91 Å². The SMILES string of the molecule is O=C1Nc2ccc(C(=O)NCc3nc(-c4ccccc4)n[nH]3)cc2CO1. The number of hydrogen-bond donors (Lipinski definition) is 3. The second-order valence-electron chi connectivity index (χ2n) is 5.73. The predicted octanol–water partition coefficient (Wildman–Crippen LogP) is 2.46. The molecule has 2 amide bonds. The molecule has 0 saturated carbocycles. The van der Waals surface area contributed by atoms with Crippen molar-refractivity contribution in [3.63, 3.8) is 0 Å². The topological polar surface area (TPSA) is 109 Å². The maximum absolute atomic E-state index is 12.3. The van der Waals surface area contributed by atoms with Gasteiger partial charge in [0.15, 0.2) is 5.82 Å². The lowest BCUT2D eigenvalue weighted by atomic mass is 10.1. The molecule has 1 aromatic heterocycles. The number of carbonyl (C=O) groups excluding carboxylic acids is 2. The van der Waals surface area contributed by atoms with Crippen LogP contribution in [0, 0.1) is 0 Å². The van der Waals surface area contributed by atoms with E-state index in [1.807, 2.05) is 30.3 Å². The van der Waals surface area contributed by atoms with Gasteiger partial charge in [0.1, 0.15) is 12.4 Å². The molecule has 1 aliphatic heterocycles. The van der Waals surface area contributed by atoms with Crippen molar-refractivity contribution in [3.8, 4) is 11.4 Å². The monoisotopic (exact) mass is 349 g/mol. The second kappa shape index (κ2) is 6.67. The lowest BCUT2D eigenvalue weighted by molar-refractivity contribution is 0.0949. The van der Waals surface area contributed by atoms with Crippen molar-refractivity contribution in [1.82, 2.24) is 20.5 Å². The molecule has 3 aromatic rings. The molecule has 0 atom stereocenters. The fraction of sp³-hybridized carbons (Fsp3) is 0.111. The summed E-state index contributed by atoms with van der Waals surface area (Å²) >= 11 is 0. The number of nitrogens with one attached hydrogen (secondary N) is 3. The molecular weight excluding hydrogens is 334 g/mol. The smallest absolute Gasteiger partial charge is 0.411 e. The summed E-state index contributed by atoms with van der Waals surface area (Å²) in [6.45, 7) is 0.369. The summed E-state index contributed by atoms with van der Waals surface area (Å²) in [6, 6.07) is 14.6. The number of rotatable bonds is 4. The van der Waals surface area contributed by atoms with Gasteiger partial charge in [-0.15, -0.1) is 0 Å². The van der Waals surface area contributed by atoms with E-state index in [9.17, 15) is 9.59 Å². The Kier molecular flexibility index (Phi) is 4.06. The molecule has 2 aromatic carbocycles. The number of benzene rings is 2. The highest BCUT2D eigenvalue weighted by molar-refractivity contribution is 5.96. The number of anilines is 1. The first kappa shape index (κ1) is 15.8. The van der Waals surface area contributed by atoms with Gasteiger partial charge in [-0.3, -0.25) is 15.2 Å². The first-order valence-electron chi connectivity index (χ1n) is 8.00. The Balaban J connectivity index is 1.42. The molecule has 2 heterocycles. The summed E-state index contributed by atoms with van der Waals surface area (Å²) in [4.78, 5) is 27.9. The molecule has 0 aliphatic carbocycles. The van der Waals surface area contributed by atoms with Crippen LogP contribution in [-0.4, -0.2) is 27.2 Å². The van der Waals surface area contributed by atoms with Gasteiger partial charge in [0.2, 0.25) is 0 Å². The molecule has 8 heteroatoms. The summed E-state index contributed by atoms with van der Waals surface area (Å²) in [6.07, 6.45) is -0.491. The molecule has 4 rings (SSSR count). The molecule has 3 N–H and O–H groups in total. The van der Waals surface area contributed by atoms with Gasteiger partial charge < -0.3 is 10.1 Å². The van der Waals surface area contributed by atoms with E-state index >= 15 is 0 Å². The lowest BCUT2D eigenvalue weighted by Crippen LogP contribution is -2.25. The van der Waals surface area contributed by atoms with Crippen LogP contribution in [-0.2, 0) is 17.9 Å². The second-order valence-corrected chi connectivity index (χ2v) is 5.73. The molecule has 1 aliphatic rings. The molecule has 0 saturated heterocycles. The van der Waals surface area contributed by atoms with Crippen molar-refractivity contribution in [2.75, 3.05) is 5.32 Å². The van der Waals surface area contributed by atoms with Gasteiger partial charge in [0.05, 0.1) is 12.2 Å². The molecule has 0 bridgehead atoms. The molecule has 0 spiro atoms. The summed E-state index contributed by atoms with van der Waals surface area (Å²) in [5, 5.41) is 12.4. The Morgan fingerprint density at radius 2 is 2.04 bits per heavy atom. The summed E-state index contributed by atoms with van der Waals surface area (Å²) in [5.74, 6) is 0.893. The van der Waals surface area contributed by atoms with E-state index in [1.54, 1.807) is 18.2 Å². The number of amides is 2. The average molecular weight is 349 g/mol. The van der Waals surface area contributed by atoms with Crippen LogP contribution in [0.2, 0.25) is 0 Å². The lowest BCUT2D eigenvalue weighted by Gasteiger charge is -2.17. The summed E-state index contributed by atoms with van der Waals surface area (Å²) in [7, 11) is 0. The van der Waals surface area contributed by atoms with Crippen LogP contribution >= 0.6 is 0 Å². The average Bonchev–Trinajstić information content (AvgIpc) is 3.15. The Morgan fingerprint density at radius 1 is 1.19 bits per heavy atom. The Bertz CT molecular complexity index is 968. The molecule has 0 unspecified atom stereocenters. The van der Waals surface area contributed by atoms with E-state index in [0.717, 1.165) is 11.1 Å². The van der Waals surface area contributed by atoms with E-state index in [4.69, 9.17) is 4.74 Å². The summed E-state index contributed by atoms with van der Waals surface area (Å²) in [5.41, 5.74) is 2.79. The summed E-state index contributed by atoms with van der Waals surface area (Å²) < 4.78 is 4.91. The Labute approximate surface area is 148 Å². The van der Waals surface area contributed by atoms with Gasteiger partial charge in [-0.1, -0.05) is 30.3 Å². The minimum Gasteiger partial charge on any atom is -0.444 e. The normalized spacial score (nSPS) is 12.7. The number of aromatic nitrogens is 3. The third-order valence-electron chi connectivity index (χ3n) is 3.94. The van der Waals surface area contributed by atoms with Crippen molar-refractivity contribution in [2.45, 2.75) is 13.2 Å². The number of cyclic esters (lactones) is 1. The van der Waals surface area contributed by atoms with Crippen LogP contribution in [0.1, 0.15) is 21.7 Å². The van der Waals surface area contributed by atoms with Gasteiger partial charge in [-0.25, -0.2) is 9.78 Å². The highest BCUT2D eigenvalue weighted by atomic mass is 16.5.